The molecular weight excluding hydrogens is 176 g/mol. The van der Waals surface area contributed by atoms with Crippen LogP contribution in [0.4, 0.5) is 0 Å². The van der Waals surface area contributed by atoms with E-state index in [2.05, 4.69) is 12.0 Å². The van der Waals surface area contributed by atoms with E-state index in [0.29, 0.717) is 6.10 Å². The van der Waals surface area contributed by atoms with Crippen molar-refractivity contribution in [2.24, 2.45) is 0 Å². The lowest BCUT2D eigenvalue weighted by molar-refractivity contribution is 0.402. The number of aromatic nitrogens is 2. The summed E-state index contributed by atoms with van der Waals surface area (Å²) in [5.41, 5.74) is 1.10. The summed E-state index contributed by atoms with van der Waals surface area (Å²) in [6.45, 7) is 3.79. The average molecular weight is 187 g/mol. The van der Waals surface area contributed by atoms with Crippen molar-refractivity contribution in [1.29, 1.82) is 0 Å². The molecule has 1 fully saturated rings. The zero-order valence-electron chi connectivity index (χ0n) is 6.96. The second kappa shape index (κ2) is 3.07. The number of rotatable bonds is 3. The van der Waals surface area contributed by atoms with E-state index >= 15 is 0 Å². The van der Waals surface area contributed by atoms with Gasteiger partial charge >= 0.3 is 0 Å². The molecule has 0 N–H and O–H groups in total. The highest BCUT2D eigenvalue weighted by molar-refractivity contribution is 6.31. The number of halogens is 1. The molecule has 1 aromatic rings. The van der Waals surface area contributed by atoms with Crippen LogP contribution in [-0.2, 0) is 17.7 Å². The number of ether oxygens (including phenoxy) is 1. The van der Waals surface area contributed by atoms with Gasteiger partial charge in [0, 0.05) is 13.0 Å². The topological polar surface area (TPSA) is 30.4 Å². The first-order chi connectivity index (χ1) is 5.81. The fourth-order valence-electron chi connectivity index (χ4n) is 1.26. The summed E-state index contributed by atoms with van der Waals surface area (Å²) in [5, 5.41) is 4.90. The minimum absolute atomic E-state index is 0.379. The maximum absolute atomic E-state index is 5.96. The lowest BCUT2D eigenvalue weighted by atomic mass is 10.2. The highest BCUT2D eigenvalue weighted by atomic mass is 35.5. The molecule has 0 amide bonds. The largest absolute Gasteiger partial charge is 0.373 e. The molecule has 0 bridgehead atoms. The predicted molar refractivity (Wildman–Crippen MR) is 46.4 cm³/mol. The summed E-state index contributed by atoms with van der Waals surface area (Å²) in [6, 6.07) is 0. The Morgan fingerprint density at radius 2 is 2.58 bits per heavy atom. The van der Waals surface area contributed by atoms with Crippen molar-refractivity contribution in [3.63, 3.8) is 0 Å². The van der Waals surface area contributed by atoms with Gasteiger partial charge in [-0.05, 0) is 6.92 Å². The molecule has 0 spiro atoms. The van der Waals surface area contributed by atoms with Gasteiger partial charge in [0.1, 0.15) is 0 Å². The molecule has 1 aliphatic heterocycles. The Labute approximate surface area is 76.3 Å². The van der Waals surface area contributed by atoms with Crippen LogP contribution in [0.5, 0.6) is 0 Å². The van der Waals surface area contributed by atoms with E-state index in [1.54, 1.807) is 6.20 Å². The van der Waals surface area contributed by atoms with Crippen LogP contribution >= 0.6 is 11.6 Å². The highest BCUT2D eigenvalue weighted by Crippen LogP contribution is 2.22. The first kappa shape index (κ1) is 8.08. The summed E-state index contributed by atoms with van der Waals surface area (Å²) >= 11 is 5.96. The fraction of sp³-hybridized carbons (Fsp3) is 0.625. The molecule has 1 aromatic heterocycles. The average Bonchev–Trinajstić information content (AvgIpc) is 2.80. The summed E-state index contributed by atoms with van der Waals surface area (Å²) in [6.07, 6.45) is 2.97. The zero-order valence-corrected chi connectivity index (χ0v) is 7.71. The van der Waals surface area contributed by atoms with E-state index in [0.717, 1.165) is 30.3 Å². The van der Waals surface area contributed by atoms with Crippen LogP contribution in [0.1, 0.15) is 12.6 Å². The summed E-state index contributed by atoms with van der Waals surface area (Å²) in [7, 11) is 0. The van der Waals surface area contributed by atoms with Crippen molar-refractivity contribution in [3.05, 3.63) is 16.9 Å². The summed E-state index contributed by atoms with van der Waals surface area (Å²) in [4.78, 5) is 0. The molecule has 1 aliphatic rings. The molecule has 0 aromatic carbocycles. The molecular formula is C8H11ClN2O. The van der Waals surface area contributed by atoms with Crippen LogP contribution in [0.25, 0.3) is 0 Å². The molecule has 0 radical (unpaired) electrons. The van der Waals surface area contributed by atoms with Gasteiger partial charge in [0.25, 0.3) is 0 Å². The third-order valence-electron chi connectivity index (χ3n) is 2.02. The smallest absolute Gasteiger partial charge is 0.0865 e. The Bertz CT molecular complexity index is 281. The van der Waals surface area contributed by atoms with Crippen LogP contribution in [0.2, 0.25) is 5.02 Å². The number of nitrogens with zero attached hydrogens (tertiary/aromatic N) is 2. The maximum Gasteiger partial charge on any atom is 0.0865 e. The van der Waals surface area contributed by atoms with Gasteiger partial charge in [-0.15, -0.1) is 0 Å². The van der Waals surface area contributed by atoms with Gasteiger partial charge in [-0.3, -0.25) is 4.68 Å². The van der Waals surface area contributed by atoms with Crippen molar-refractivity contribution >= 4 is 11.6 Å². The summed E-state index contributed by atoms with van der Waals surface area (Å²) < 4.78 is 7.06. The Morgan fingerprint density at radius 1 is 1.83 bits per heavy atom. The number of epoxide rings is 1. The maximum atomic E-state index is 5.96. The third kappa shape index (κ3) is 1.47. The number of aryl methyl sites for hydroxylation is 1. The first-order valence-corrected chi connectivity index (χ1v) is 4.51. The van der Waals surface area contributed by atoms with Crippen LogP contribution in [0, 0.1) is 0 Å². The van der Waals surface area contributed by atoms with Gasteiger partial charge in [-0.1, -0.05) is 11.6 Å². The van der Waals surface area contributed by atoms with Gasteiger partial charge < -0.3 is 4.74 Å². The van der Waals surface area contributed by atoms with E-state index in [4.69, 9.17) is 16.3 Å². The van der Waals surface area contributed by atoms with Gasteiger partial charge in [0.05, 0.1) is 29.6 Å². The highest BCUT2D eigenvalue weighted by Gasteiger charge is 2.25. The lowest BCUT2D eigenvalue weighted by Crippen LogP contribution is -2.05. The Kier molecular flexibility index (Phi) is 2.07. The van der Waals surface area contributed by atoms with Crippen molar-refractivity contribution in [3.8, 4) is 0 Å². The lowest BCUT2D eigenvalue weighted by Gasteiger charge is -2.02. The SMILES string of the molecule is CCn1ncc(Cl)c1CC1CO1. The van der Waals surface area contributed by atoms with Gasteiger partial charge in [0.15, 0.2) is 0 Å². The van der Waals surface area contributed by atoms with Gasteiger partial charge in [0.2, 0.25) is 0 Å². The van der Waals surface area contributed by atoms with Crippen LogP contribution in [0.15, 0.2) is 6.20 Å². The summed E-state index contributed by atoms with van der Waals surface area (Å²) in [5.74, 6) is 0. The molecule has 1 saturated heterocycles. The van der Waals surface area contributed by atoms with Gasteiger partial charge in [-0.25, -0.2) is 0 Å². The molecule has 66 valence electrons. The van der Waals surface area contributed by atoms with E-state index in [9.17, 15) is 0 Å². The molecule has 0 saturated carbocycles. The third-order valence-corrected chi connectivity index (χ3v) is 2.34. The minimum Gasteiger partial charge on any atom is -0.373 e. The van der Waals surface area contributed by atoms with Crippen LogP contribution in [0.3, 0.4) is 0 Å². The molecule has 1 atom stereocenters. The monoisotopic (exact) mass is 186 g/mol. The van der Waals surface area contributed by atoms with Crippen molar-refractivity contribution in [2.75, 3.05) is 6.61 Å². The second-order valence-corrected chi connectivity index (χ2v) is 3.32. The molecule has 3 nitrogen and oxygen atoms in total. The Balaban J connectivity index is 2.18. The van der Waals surface area contributed by atoms with E-state index in [1.165, 1.54) is 0 Å². The quantitative estimate of drug-likeness (QED) is 0.670. The Morgan fingerprint density at radius 3 is 3.17 bits per heavy atom. The van der Waals surface area contributed by atoms with Crippen LogP contribution in [-0.4, -0.2) is 22.5 Å². The Hall–Kier alpha value is -0.540. The number of hydrogen-bond acceptors (Lipinski definition) is 2. The fourth-order valence-corrected chi connectivity index (χ4v) is 1.48. The van der Waals surface area contributed by atoms with Crippen molar-refractivity contribution < 1.29 is 4.74 Å². The molecule has 2 rings (SSSR count). The minimum atomic E-state index is 0.379. The second-order valence-electron chi connectivity index (χ2n) is 2.91. The van der Waals surface area contributed by atoms with Gasteiger partial charge in [-0.2, -0.15) is 5.10 Å². The number of hydrogen-bond donors (Lipinski definition) is 0. The van der Waals surface area contributed by atoms with E-state index in [-0.39, 0.29) is 0 Å². The predicted octanol–water partition coefficient (Wildman–Crippen LogP) is 1.50. The molecule has 12 heavy (non-hydrogen) atoms. The molecule has 0 aliphatic carbocycles. The van der Waals surface area contributed by atoms with E-state index < -0.39 is 0 Å². The standard InChI is InChI=1S/C8H11ClN2O/c1-2-11-8(3-6-5-12-6)7(9)4-10-11/h4,6H,2-3,5H2,1H3. The zero-order chi connectivity index (χ0) is 8.55. The van der Waals surface area contributed by atoms with Crippen LogP contribution < -0.4 is 0 Å². The van der Waals surface area contributed by atoms with Crippen molar-refractivity contribution in [2.45, 2.75) is 26.0 Å². The molecule has 4 heteroatoms. The first-order valence-electron chi connectivity index (χ1n) is 4.13. The van der Waals surface area contributed by atoms with E-state index in [1.807, 2.05) is 4.68 Å². The van der Waals surface area contributed by atoms with Crippen molar-refractivity contribution in [1.82, 2.24) is 9.78 Å². The molecule has 2 heterocycles. The molecule has 1 unspecified atom stereocenters. The normalized spacial score (nSPS) is 21.3.